The highest BCUT2D eigenvalue weighted by Gasteiger charge is 2.43. The summed E-state index contributed by atoms with van der Waals surface area (Å²) in [4.78, 5) is 9.45. The van der Waals surface area contributed by atoms with E-state index < -0.39 is 12.3 Å². The van der Waals surface area contributed by atoms with Crippen molar-refractivity contribution in [2.24, 2.45) is 0 Å². The van der Waals surface area contributed by atoms with Crippen molar-refractivity contribution in [3.63, 3.8) is 0 Å². The van der Waals surface area contributed by atoms with Crippen LogP contribution >= 0.6 is 0 Å². The van der Waals surface area contributed by atoms with Crippen molar-refractivity contribution in [1.29, 1.82) is 0 Å². The van der Waals surface area contributed by atoms with Gasteiger partial charge in [0, 0.05) is 6.54 Å². The van der Waals surface area contributed by atoms with Crippen molar-refractivity contribution >= 4 is 5.95 Å². The molecule has 1 aliphatic rings. The van der Waals surface area contributed by atoms with E-state index in [1.54, 1.807) is 0 Å². The minimum absolute atomic E-state index is 0.0485. The highest BCUT2D eigenvalue weighted by Crippen LogP contribution is 2.28. The zero-order valence-corrected chi connectivity index (χ0v) is 11.0. The first-order valence-electron chi connectivity index (χ1n) is 5.84. The summed E-state index contributed by atoms with van der Waals surface area (Å²) in [6, 6.07) is 1.45. The number of methoxy groups -OCH3 is 2. The Morgan fingerprint density at radius 2 is 1.85 bits per heavy atom. The highest BCUT2D eigenvalue weighted by atomic mass is 19.4. The van der Waals surface area contributed by atoms with Crippen LogP contribution in [0, 0.1) is 0 Å². The summed E-state index contributed by atoms with van der Waals surface area (Å²) in [5.74, 6) is 0.572. The molecule has 0 bridgehead atoms. The zero-order valence-electron chi connectivity index (χ0n) is 11.0. The fourth-order valence-corrected chi connectivity index (χ4v) is 1.77. The van der Waals surface area contributed by atoms with E-state index in [0.717, 1.165) is 0 Å². The molecule has 1 aromatic heterocycles. The van der Waals surface area contributed by atoms with E-state index in [1.165, 1.54) is 25.2 Å². The van der Waals surface area contributed by atoms with E-state index in [-0.39, 0.29) is 37.4 Å². The number of nitrogens with zero attached hydrogens (tertiary/aromatic N) is 3. The van der Waals surface area contributed by atoms with E-state index in [9.17, 15) is 13.2 Å². The number of hydrogen-bond donors (Lipinski definition) is 0. The van der Waals surface area contributed by atoms with Gasteiger partial charge in [-0.3, -0.25) is 0 Å². The average molecular weight is 293 g/mol. The SMILES string of the molecule is COc1cc(OC)nc(N2CCO[C@@H](C(F)(F)F)C2)n1. The molecular weight excluding hydrogens is 279 g/mol. The van der Waals surface area contributed by atoms with Crippen molar-refractivity contribution in [1.82, 2.24) is 9.97 Å². The Labute approximate surface area is 113 Å². The molecule has 2 rings (SSSR count). The summed E-state index contributed by atoms with van der Waals surface area (Å²) in [5.41, 5.74) is 0. The predicted molar refractivity (Wildman–Crippen MR) is 63.1 cm³/mol. The van der Waals surface area contributed by atoms with Crippen LogP contribution in [0.15, 0.2) is 6.07 Å². The molecule has 1 aromatic rings. The fourth-order valence-electron chi connectivity index (χ4n) is 1.77. The molecule has 9 heteroatoms. The second-order valence-corrected chi connectivity index (χ2v) is 4.10. The van der Waals surface area contributed by atoms with E-state index in [1.807, 2.05) is 0 Å². The Balaban J connectivity index is 2.22. The third-order valence-corrected chi connectivity index (χ3v) is 2.80. The lowest BCUT2D eigenvalue weighted by molar-refractivity contribution is -0.221. The predicted octanol–water partition coefficient (Wildman–Crippen LogP) is 1.26. The Morgan fingerprint density at radius 1 is 1.25 bits per heavy atom. The van der Waals surface area contributed by atoms with Gasteiger partial charge in [0.05, 0.1) is 33.4 Å². The molecule has 0 amide bonds. The van der Waals surface area contributed by atoms with Crippen LogP contribution in [-0.4, -0.2) is 56.2 Å². The first-order valence-corrected chi connectivity index (χ1v) is 5.84. The Morgan fingerprint density at radius 3 is 2.35 bits per heavy atom. The van der Waals surface area contributed by atoms with Crippen molar-refractivity contribution in [2.75, 3.05) is 38.8 Å². The monoisotopic (exact) mass is 293 g/mol. The highest BCUT2D eigenvalue weighted by molar-refractivity contribution is 5.37. The number of morpholine rings is 1. The third-order valence-electron chi connectivity index (χ3n) is 2.80. The Kier molecular flexibility index (Phi) is 4.17. The van der Waals surface area contributed by atoms with Crippen LogP contribution in [0.4, 0.5) is 19.1 Å². The minimum atomic E-state index is -4.42. The second-order valence-electron chi connectivity index (χ2n) is 4.10. The van der Waals surface area contributed by atoms with Crippen molar-refractivity contribution in [2.45, 2.75) is 12.3 Å². The summed E-state index contributed by atoms with van der Waals surface area (Å²) in [5, 5.41) is 0. The molecule has 6 nitrogen and oxygen atoms in total. The molecule has 0 spiro atoms. The normalized spacial score (nSPS) is 19.9. The quantitative estimate of drug-likeness (QED) is 0.836. The molecule has 1 fully saturated rings. The number of halogens is 3. The standard InChI is InChI=1S/C11H14F3N3O3/c1-18-8-5-9(19-2)16-10(15-8)17-3-4-20-7(6-17)11(12,13)14/h5,7H,3-4,6H2,1-2H3/t7-/m1/s1. The molecule has 1 atom stereocenters. The molecule has 0 N–H and O–H groups in total. The van der Waals surface area contributed by atoms with Crippen molar-refractivity contribution in [3.05, 3.63) is 6.07 Å². The molecular formula is C11H14F3N3O3. The lowest BCUT2D eigenvalue weighted by Gasteiger charge is -2.33. The molecule has 0 unspecified atom stereocenters. The van der Waals surface area contributed by atoms with Gasteiger partial charge < -0.3 is 19.1 Å². The molecule has 0 aromatic carbocycles. The molecule has 1 aliphatic heterocycles. The molecule has 0 saturated carbocycles. The van der Waals surface area contributed by atoms with Gasteiger partial charge in [-0.1, -0.05) is 0 Å². The largest absolute Gasteiger partial charge is 0.481 e. The zero-order chi connectivity index (χ0) is 14.8. The third kappa shape index (κ3) is 3.21. The van der Waals surface area contributed by atoms with Gasteiger partial charge >= 0.3 is 6.18 Å². The van der Waals surface area contributed by atoms with Crippen LogP contribution in [-0.2, 0) is 4.74 Å². The molecule has 2 heterocycles. The molecule has 0 aliphatic carbocycles. The van der Waals surface area contributed by atoms with Crippen molar-refractivity contribution in [3.8, 4) is 11.8 Å². The van der Waals surface area contributed by atoms with Crippen LogP contribution in [0.5, 0.6) is 11.8 Å². The summed E-state index contributed by atoms with van der Waals surface area (Å²) >= 11 is 0. The van der Waals surface area contributed by atoms with Crippen LogP contribution in [0.25, 0.3) is 0 Å². The molecule has 20 heavy (non-hydrogen) atoms. The number of hydrogen-bond acceptors (Lipinski definition) is 6. The topological polar surface area (TPSA) is 56.7 Å². The molecule has 0 radical (unpaired) electrons. The van der Waals surface area contributed by atoms with Crippen LogP contribution in [0.1, 0.15) is 0 Å². The summed E-state index contributed by atoms with van der Waals surface area (Å²) in [7, 11) is 2.81. The van der Waals surface area contributed by atoms with Gasteiger partial charge in [0.25, 0.3) is 0 Å². The van der Waals surface area contributed by atoms with E-state index in [0.29, 0.717) is 0 Å². The van der Waals surface area contributed by atoms with E-state index >= 15 is 0 Å². The Hall–Kier alpha value is -1.77. The van der Waals surface area contributed by atoms with Crippen LogP contribution in [0.3, 0.4) is 0 Å². The maximum atomic E-state index is 12.7. The first kappa shape index (κ1) is 14.6. The molecule has 112 valence electrons. The fraction of sp³-hybridized carbons (Fsp3) is 0.636. The summed E-state index contributed by atoms with van der Waals surface area (Å²) in [6.45, 7) is -0.143. The maximum Gasteiger partial charge on any atom is 0.416 e. The number of alkyl halides is 3. The first-order chi connectivity index (χ1) is 9.44. The number of rotatable bonds is 3. The molecule has 1 saturated heterocycles. The number of ether oxygens (including phenoxy) is 3. The maximum absolute atomic E-state index is 12.7. The van der Waals surface area contributed by atoms with Gasteiger partial charge in [-0.15, -0.1) is 0 Å². The van der Waals surface area contributed by atoms with Gasteiger partial charge in [-0.05, 0) is 0 Å². The average Bonchev–Trinajstić information content (AvgIpc) is 2.46. The minimum Gasteiger partial charge on any atom is -0.481 e. The van der Waals surface area contributed by atoms with Gasteiger partial charge in [-0.2, -0.15) is 23.1 Å². The van der Waals surface area contributed by atoms with E-state index in [2.05, 4.69) is 9.97 Å². The van der Waals surface area contributed by atoms with Gasteiger partial charge in [-0.25, -0.2) is 0 Å². The number of aromatic nitrogens is 2. The van der Waals surface area contributed by atoms with Crippen LogP contribution < -0.4 is 14.4 Å². The Bertz CT molecular complexity index is 448. The smallest absolute Gasteiger partial charge is 0.416 e. The summed E-state index contributed by atoms with van der Waals surface area (Å²) < 4.78 is 52.7. The lowest BCUT2D eigenvalue weighted by atomic mass is 10.3. The summed E-state index contributed by atoms with van der Waals surface area (Å²) in [6.07, 6.45) is -6.27. The van der Waals surface area contributed by atoms with E-state index in [4.69, 9.17) is 14.2 Å². The van der Waals surface area contributed by atoms with Gasteiger partial charge in [0.15, 0.2) is 6.10 Å². The van der Waals surface area contributed by atoms with Crippen LogP contribution in [0.2, 0.25) is 0 Å². The lowest BCUT2D eigenvalue weighted by Crippen LogP contribution is -2.49. The van der Waals surface area contributed by atoms with Gasteiger partial charge in [0.1, 0.15) is 0 Å². The second kappa shape index (κ2) is 5.70. The van der Waals surface area contributed by atoms with Crippen molar-refractivity contribution < 1.29 is 27.4 Å². The number of anilines is 1. The van der Waals surface area contributed by atoms with Gasteiger partial charge in [0.2, 0.25) is 17.7 Å².